The van der Waals surface area contributed by atoms with E-state index >= 15 is 0 Å². The van der Waals surface area contributed by atoms with Crippen LogP contribution in [-0.4, -0.2) is 61.3 Å². The molecule has 15 heavy (non-hydrogen) atoms. The largest absolute Gasteiger partial charge is 0.378 e. The van der Waals surface area contributed by atoms with Crippen LogP contribution in [0.4, 0.5) is 0 Å². The molecule has 0 aliphatic carbocycles. The Bertz CT molecular complexity index is 198. The number of piperazine rings is 1. The molecule has 2 rings (SSSR count). The fourth-order valence-corrected chi connectivity index (χ4v) is 2.77. The van der Waals surface area contributed by atoms with Gasteiger partial charge in [-0.05, 0) is 13.3 Å². The van der Waals surface area contributed by atoms with E-state index in [1.54, 1.807) is 0 Å². The van der Waals surface area contributed by atoms with Gasteiger partial charge in [-0.2, -0.15) is 0 Å². The summed E-state index contributed by atoms with van der Waals surface area (Å²) in [6.45, 7) is 11.3. The fourth-order valence-electron chi connectivity index (χ4n) is 2.77. The monoisotopic (exact) mass is 212 g/mol. The van der Waals surface area contributed by atoms with Crippen LogP contribution in [0.15, 0.2) is 0 Å². The number of rotatable bonds is 3. The summed E-state index contributed by atoms with van der Waals surface area (Å²) in [6.07, 6.45) is 2.62. The average Bonchev–Trinajstić information content (AvgIpc) is 2.29. The molecule has 0 amide bonds. The smallest absolute Gasteiger partial charge is 0.0634 e. The predicted octanol–water partition coefficient (Wildman–Crippen LogP) is 1.19. The second-order valence-electron chi connectivity index (χ2n) is 4.90. The van der Waals surface area contributed by atoms with Crippen molar-refractivity contribution in [3.8, 4) is 0 Å². The molecule has 2 saturated heterocycles. The van der Waals surface area contributed by atoms with Gasteiger partial charge >= 0.3 is 0 Å². The van der Waals surface area contributed by atoms with E-state index in [1.165, 1.54) is 32.5 Å². The minimum atomic E-state index is 0.659. The minimum absolute atomic E-state index is 0.659. The van der Waals surface area contributed by atoms with Crippen molar-refractivity contribution >= 4 is 0 Å². The number of ether oxygens (including phenoxy) is 1. The van der Waals surface area contributed by atoms with Crippen molar-refractivity contribution in [2.75, 3.05) is 39.4 Å². The van der Waals surface area contributed by atoms with Gasteiger partial charge in [-0.3, -0.25) is 9.80 Å². The molecule has 0 aromatic carbocycles. The van der Waals surface area contributed by atoms with Crippen LogP contribution in [0.3, 0.4) is 0 Å². The van der Waals surface area contributed by atoms with Crippen molar-refractivity contribution < 1.29 is 4.74 Å². The van der Waals surface area contributed by atoms with Gasteiger partial charge in [0.2, 0.25) is 0 Å². The third kappa shape index (κ3) is 2.71. The van der Waals surface area contributed by atoms with E-state index in [4.69, 9.17) is 4.74 Å². The summed E-state index contributed by atoms with van der Waals surface area (Å²) in [5.74, 6) is 0. The maximum Gasteiger partial charge on any atom is 0.0634 e. The first kappa shape index (κ1) is 11.4. The second-order valence-corrected chi connectivity index (χ2v) is 4.90. The summed E-state index contributed by atoms with van der Waals surface area (Å²) in [5, 5.41) is 0. The van der Waals surface area contributed by atoms with Crippen LogP contribution in [0.5, 0.6) is 0 Å². The molecule has 2 heterocycles. The molecule has 0 spiro atoms. The number of fused-ring (bicyclic) bond motifs is 1. The molecule has 3 nitrogen and oxygen atoms in total. The molecular weight excluding hydrogens is 188 g/mol. The fraction of sp³-hybridized carbons (Fsp3) is 1.00. The highest BCUT2D eigenvalue weighted by atomic mass is 16.5. The van der Waals surface area contributed by atoms with Crippen LogP contribution in [0, 0.1) is 0 Å². The third-order valence-electron chi connectivity index (χ3n) is 3.80. The van der Waals surface area contributed by atoms with Gasteiger partial charge in [0.1, 0.15) is 0 Å². The number of morpholine rings is 1. The van der Waals surface area contributed by atoms with Crippen molar-refractivity contribution in [1.29, 1.82) is 0 Å². The first-order chi connectivity index (χ1) is 7.31. The molecule has 0 bridgehead atoms. The zero-order chi connectivity index (χ0) is 10.7. The van der Waals surface area contributed by atoms with E-state index < -0.39 is 0 Å². The molecule has 88 valence electrons. The topological polar surface area (TPSA) is 15.7 Å². The Morgan fingerprint density at radius 2 is 2.20 bits per heavy atom. The zero-order valence-electron chi connectivity index (χ0n) is 10.1. The molecule has 0 aromatic heterocycles. The lowest BCUT2D eigenvalue weighted by atomic mass is 10.1. The van der Waals surface area contributed by atoms with E-state index in [-0.39, 0.29) is 0 Å². The van der Waals surface area contributed by atoms with Crippen LogP contribution >= 0.6 is 0 Å². The van der Waals surface area contributed by atoms with Crippen molar-refractivity contribution in [2.24, 2.45) is 0 Å². The normalized spacial score (nSPS) is 31.2. The SMILES string of the molecule is CCC[C@@H](C)N1CCN2CCOC[C@H]2C1. The van der Waals surface area contributed by atoms with Gasteiger partial charge in [-0.25, -0.2) is 0 Å². The Labute approximate surface area is 93.4 Å². The summed E-state index contributed by atoms with van der Waals surface area (Å²) in [7, 11) is 0. The lowest BCUT2D eigenvalue weighted by molar-refractivity contribution is -0.0521. The van der Waals surface area contributed by atoms with Gasteiger partial charge in [0.15, 0.2) is 0 Å². The lowest BCUT2D eigenvalue weighted by Gasteiger charge is -2.45. The van der Waals surface area contributed by atoms with Gasteiger partial charge in [-0.1, -0.05) is 13.3 Å². The molecule has 0 aromatic rings. The van der Waals surface area contributed by atoms with Gasteiger partial charge in [0.05, 0.1) is 13.2 Å². The highest BCUT2D eigenvalue weighted by molar-refractivity contribution is 4.86. The molecule has 3 heteroatoms. The zero-order valence-corrected chi connectivity index (χ0v) is 10.1. The van der Waals surface area contributed by atoms with Crippen LogP contribution < -0.4 is 0 Å². The van der Waals surface area contributed by atoms with Gasteiger partial charge < -0.3 is 4.74 Å². The molecule has 0 N–H and O–H groups in total. The highest BCUT2D eigenvalue weighted by Crippen LogP contribution is 2.17. The Morgan fingerprint density at radius 1 is 1.33 bits per heavy atom. The Hall–Kier alpha value is -0.120. The molecule has 2 aliphatic rings. The van der Waals surface area contributed by atoms with Crippen LogP contribution in [-0.2, 0) is 4.74 Å². The minimum Gasteiger partial charge on any atom is -0.378 e. The van der Waals surface area contributed by atoms with Crippen molar-refractivity contribution in [3.63, 3.8) is 0 Å². The second kappa shape index (κ2) is 5.28. The lowest BCUT2D eigenvalue weighted by Crippen LogP contribution is -2.59. The van der Waals surface area contributed by atoms with Crippen molar-refractivity contribution in [2.45, 2.75) is 38.8 Å². The van der Waals surface area contributed by atoms with E-state index in [0.717, 1.165) is 25.8 Å². The maximum absolute atomic E-state index is 5.56. The number of nitrogens with zero attached hydrogens (tertiary/aromatic N) is 2. The summed E-state index contributed by atoms with van der Waals surface area (Å²) in [4.78, 5) is 5.23. The molecule has 0 radical (unpaired) electrons. The first-order valence-electron chi connectivity index (χ1n) is 6.37. The quantitative estimate of drug-likeness (QED) is 0.699. The predicted molar refractivity (Wildman–Crippen MR) is 62.1 cm³/mol. The van der Waals surface area contributed by atoms with Crippen molar-refractivity contribution in [1.82, 2.24) is 9.80 Å². The Balaban J connectivity index is 1.85. The molecule has 0 saturated carbocycles. The highest BCUT2D eigenvalue weighted by Gasteiger charge is 2.30. The van der Waals surface area contributed by atoms with Crippen LogP contribution in [0.1, 0.15) is 26.7 Å². The molecular formula is C12H24N2O. The molecule has 2 fully saturated rings. The van der Waals surface area contributed by atoms with E-state index in [2.05, 4.69) is 23.6 Å². The molecule has 0 unspecified atom stereocenters. The average molecular weight is 212 g/mol. The van der Waals surface area contributed by atoms with Crippen molar-refractivity contribution in [3.05, 3.63) is 0 Å². The van der Waals surface area contributed by atoms with Gasteiger partial charge in [0, 0.05) is 38.3 Å². The van der Waals surface area contributed by atoms with Gasteiger partial charge in [-0.15, -0.1) is 0 Å². The third-order valence-corrected chi connectivity index (χ3v) is 3.80. The Morgan fingerprint density at radius 3 is 3.00 bits per heavy atom. The van der Waals surface area contributed by atoms with E-state index in [0.29, 0.717) is 6.04 Å². The summed E-state index contributed by atoms with van der Waals surface area (Å²) in [5.41, 5.74) is 0. The van der Waals surface area contributed by atoms with Crippen LogP contribution in [0.2, 0.25) is 0 Å². The molecule has 2 atom stereocenters. The first-order valence-corrected chi connectivity index (χ1v) is 6.37. The standard InChI is InChI=1S/C12H24N2O/c1-3-4-11(2)14-6-5-13-7-8-15-10-12(13)9-14/h11-12H,3-10H2,1-2H3/t11-,12-/m1/s1. The van der Waals surface area contributed by atoms with Crippen LogP contribution in [0.25, 0.3) is 0 Å². The summed E-state index contributed by atoms with van der Waals surface area (Å²) >= 11 is 0. The summed E-state index contributed by atoms with van der Waals surface area (Å²) < 4.78 is 5.56. The summed E-state index contributed by atoms with van der Waals surface area (Å²) in [6, 6.07) is 1.41. The number of hydrogen-bond donors (Lipinski definition) is 0. The van der Waals surface area contributed by atoms with E-state index in [1.807, 2.05) is 0 Å². The van der Waals surface area contributed by atoms with E-state index in [9.17, 15) is 0 Å². The molecule has 2 aliphatic heterocycles. The van der Waals surface area contributed by atoms with Gasteiger partial charge in [0.25, 0.3) is 0 Å². The maximum atomic E-state index is 5.56. The Kier molecular flexibility index (Phi) is 4.00. The number of hydrogen-bond acceptors (Lipinski definition) is 3.